The van der Waals surface area contributed by atoms with Gasteiger partial charge in [0.25, 0.3) is 15.6 Å². The molecule has 0 unspecified atom stereocenters. The van der Waals surface area contributed by atoms with Crippen molar-refractivity contribution in [2.24, 2.45) is 0 Å². The van der Waals surface area contributed by atoms with E-state index < -0.39 is 26.3 Å². The van der Waals surface area contributed by atoms with E-state index >= 15 is 0 Å². The topological polar surface area (TPSA) is 91.9 Å². The molecular formula is C10H7BrFN3O3S. The summed E-state index contributed by atoms with van der Waals surface area (Å²) in [5.41, 5.74) is -0.474. The minimum Gasteiger partial charge on any atom is -0.268 e. The van der Waals surface area contributed by atoms with Crippen molar-refractivity contribution < 1.29 is 12.8 Å². The van der Waals surface area contributed by atoms with E-state index in [4.69, 9.17) is 0 Å². The highest BCUT2D eigenvalue weighted by atomic mass is 79.9. The second kappa shape index (κ2) is 5.10. The fourth-order valence-corrected chi connectivity index (χ4v) is 2.68. The Hall–Kier alpha value is -1.74. The van der Waals surface area contributed by atoms with Crippen molar-refractivity contribution in [3.05, 3.63) is 51.0 Å². The van der Waals surface area contributed by atoms with E-state index in [0.29, 0.717) is 4.47 Å². The number of aromatic nitrogens is 2. The van der Waals surface area contributed by atoms with Gasteiger partial charge in [0.1, 0.15) is 10.7 Å². The molecule has 0 fully saturated rings. The molecule has 2 aromatic rings. The maximum atomic E-state index is 13.6. The molecular weight excluding hydrogens is 341 g/mol. The largest absolute Gasteiger partial charge is 0.268 e. The maximum Gasteiger partial charge on any atom is 0.266 e. The first-order valence-corrected chi connectivity index (χ1v) is 7.20. The van der Waals surface area contributed by atoms with E-state index in [1.807, 2.05) is 0 Å². The summed E-state index contributed by atoms with van der Waals surface area (Å²) in [5, 5.41) is 5.54. The molecule has 9 heteroatoms. The lowest BCUT2D eigenvalue weighted by molar-refractivity contribution is 0.569. The van der Waals surface area contributed by atoms with Gasteiger partial charge in [0, 0.05) is 10.5 Å². The highest BCUT2D eigenvalue weighted by Gasteiger charge is 2.19. The van der Waals surface area contributed by atoms with Gasteiger partial charge in [0.05, 0.1) is 0 Å². The Morgan fingerprint density at radius 1 is 1.26 bits per heavy atom. The lowest BCUT2D eigenvalue weighted by Gasteiger charge is -2.07. The van der Waals surface area contributed by atoms with Gasteiger partial charge in [-0.05, 0) is 24.3 Å². The monoisotopic (exact) mass is 347 g/mol. The molecule has 2 rings (SSSR count). The number of H-pyrrole nitrogens is 1. The minimum absolute atomic E-state index is 0.109. The smallest absolute Gasteiger partial charge is 0.266 e. The van der Waals surface area contributed by atoms with E-state index in [0.717, 1.165) is 18.2 Å². The molecule has 0 amide bonds. The molecule has 0 radical (unpaired) electrons. The van der Waals surface area contributed by atoms with Crippen LogP contribution in [0.2, 0.25) is 0 Å². The summed E-state index contributed by atoms with van der Waals surface area (Å²) < 4.78 is 39.9. The van der Waals surface area contributed by atoms with Crippen LogP contribution < -0.4 is 10.3 Å². The predicted molar refractivity (Wildman–Crippen MR) is 69.8 cm³/mol. The van der Waals surface area contributed by atoms with Crippen molar-refractivity contribution in [3.63, 3.8) is 0 Å². The van der Waals surface area contributed by atoms with Gasteiger partial charge in [-0.2, -0.15) is 5.10 Å². The van der Waals surface area contributed by atoms with Gasteiger partial charge >= 0.3 is 0 Å². The zero-order chi connectivity index (χ0) is 14.0. The Bertz CT molecular complexity index is 755. The molecule has 19 heavy (non-hydrogen) atoms. The first-order chi connectivity index (χ1) is 8.88. The SMILES string of the molecule is O=c1ccc(NS(=O)(=O)c2ccc(Br)cc2F)n[nH]1. The lowest BCUT2D eigenvalue weighted by atomic mass is 10.3. The number of rotatable bonds is 3. The average Bonchev–Trinajstić information content (AvgIpc) is 2.31. The Kier molecular flexibility index (Phi) is 3.67. The third-order valence-electron chi connectivity index (χ3n) is 2.10. The van der Waals surface area contributed by atoms with Crippen LogP contribution in [0.3, 0.4) is 0 Å². The Morgan fingerprint density at radius 3 is 2.58 bits per heavy atom. The second-order valence-corrected chi connectivity index (χ2v) is 6.05. The number of nitrogens with one attached hydrogen (secondary N) is 2. The molecule has 6 nitrogen and oxygen atoms in total. The average molecular weight is 348 g/mol. The zero-order valence-corrected chi connectivity index (χ0v) is 11.6. The van der Waals surface area contributed by atoms with Gasteiger partial charge in [-0.25, -0.2) is 17.9 Å². The van der Waals surface area contributed by atoms with E-state index in [9.17, 15) is 17.6 Å². The normalized spacial score (nSPS) is 11.3. The molecule has 1 heterocycles. The quantitative estimate of drug-likeness (QED) is 0.879. The summed E-state index contributed by atoms with van der Waals surface area (Å²) in [6.07, 6.45) is 0. The first kappa shape index (κ1) is 13.7. The Morgan fingerprint density at radius 2 is 2.00 bits per heavy atom. The summed E-state index contributed by atoms with van der Waals surface area (Å²) in [6, 6.07) is 5.83. The molecule has 0 atom stereocenters. The summed E-state index contributed by atoms with van der Waals surface area (Å²) in [6.45, 7) is 0. The van der Waals surface area contributed by atoms with Crippen molar-refractivity contribution in [1.82, 2.24) is 10.2 Å². The van der Waals surface area contributed by atoms with Gasteiger partial charge in [-0.1, -0.05) is 15.9 Å². The van der Waals surface area contributed by atoms with Crippen LogP contribution >= 0.6 is 15.9 Å². The molecule has 0 aliphatic carbocycles. The van der Waals surface area contributed by atoms with Crippen LogP contribution in [0.25, 0.3) is 0 Å². The molecule has 0 bridgehead atoms. The number of anilines is 1. The molecule has 0 saturated carbocycles. The highest BCUT2D eigenvalue weighted by Crippen LogP contribution is 2.20. The molecule has 0 saturated heterocycles. The number of halogens is 2. The molecule has 0 spiro atoms. The van der Waals surface area contributed by atoms with E-state index in [2.05, 4.69) is 30.8 Å². The number of hydrogen-bond donors (Lipinski definition) is 2. The molecule has 0 aliphatic rings. The van der Waals surface area contributed by atoms with Crippen LogP contribution in [0, 0.1) is 5.82 Å². The molecule has 0 aliphatic heterocycles. The predicted octanol–water partition coefficient (Wildman–Crippen LogP) is 1.47. The number of hydrogen-bond acceptors (Lipinski definition) is 4. The minimum atomic E-state index is -4.10. The number of benzene rings is 1. The van der Waals surface area contributed by atoms with E-state index in [1.54, 1.807) is 0 Å². The maximum absolute atomic E-state index is 13.6. The van der Waals surface area contributed by atoms with Gasteiger partial charge in [0.2, 0.25) is 0 Å². The van der Waals surface area contributed by atoms with Gasteiger partial charge in [0.15, 0.2) is 5.82 Å². The van der Waals surface area contributed by atoms with Crippen LogP contribution in [0.1, 0.15) is 0 Å². The first-order valence-electron chi connectivity index (χ1n) is 4.92. The fourth-order valence-electron chi connectivity index (χ4n) is 1.29. The highest BCUT2D eigenvalue weighted by molar-refractivity contribution is 9.10. The molecule has 100 valence electrons. The van der Waals surface area contributed by atoms with Crippen molar-refractivity contribution in [1.29, 1.82) is 0 Å². The van der Waals surface area contributed by atoms with Crippen molar-refractivity contribution in [2.45, 2.75) is 4.90 Å². The van der Waals surface area contributed by atoms with Crippen LogP contribution in [-0.2, 0) is 10.0 Å². The molecule has 1 aromatic carbocycles. The van der Waals surface area contributed by atoms with Crippen molar-refractivity contribution >= 4 is 31.8 Å². The van der Waals surface area contributed by atoms with Crippen LogP contribution in [0.4, 0.5) is 10.2 Å². The van der Waals surface area contributed by atoms with Crippen LogP contribution in [0.15, 0.2) is 44.5 Å². The van der Waals surface area contributed by atoms with E-state index in [-0.39, 0.29) is 5.82 Å². The summed E-state index contributed by atoms with van der Waals surface area (Å²) in [4.78, 5) is 10.3. The third-order valence-corrected chi connectivity index (χ3v) is 3.98. The number of sulfonamides is 1. The fraction of sp³-hybridized carbons (Fsp3) is 0. The number of aromatic amines is 1. The van der Waals surface area contributed by atoms with Crippen molar-refractivity contribution in [2.75, 3.05) is 4.72 Å². The summed E-state index contributed by atoms with van der Waals surface area (Å²) in [5.74, 6) is -1.01. The summed E-state index contributed by atoms with van der Waals surface area (Å²) >= 11 is 3.03. The third kappa shape index (κ3) is 3.18. The molecule has 2 N–H and O–H groups in total. The lowest BCUT2D eigenvalue weighted by Crippen LogP contribution is -2.17. The van der Waals surface area contributed by atoms with Gasteiger partial charge in [-0.15, -0.1) is 0 Å². The van der Waals surface area contributed by atoms with Gasteiger partial charge in [-0.3, -0.25) is 9.52 Å². The standard InChI is InChI=1S/C10H7BrFN3O3S/c11-6-1-2-8(7(12)5-6)19(17,18)15-9-3-4-10(16)14-13-9/h1-5H,(H,13,15)(H,14,16). The Balaban J connectivity index is 2.37. The molecule has 1 aromatic heterocycles. The van der Waals surface area contributed by atoms with E-state index in [1.165, 1.54) is 12.1 Å². The number of nitrogens with zero attached hydrogens (tertiary/aromatic N) is 1. The second-order valence-electron chi connectivity index (χ2n) is 3.49. The Labute approximate surface area is 115 Å². The van der Waals surface area contributed by atoms with Gasteiger partial charge < -0.3 is 0 Å². The van der Waals surface area contributed by atoms with Crippen LogP contribution in [-0.4, -0.2) is 18.6 Å². The summed E-state index contributed by atoms with van der Waals surface area (Å²) in [7, 11) is -4.10. The van der Waals surface area contributed by atoms with Crippen LogP contribution in [0.5, 0.6) is 0 Å². The zero-order valence-electron chi connectivity index (χ0n) is 9.22. The van der Waals surface area contributed by atoms with Crippen molar-refractivity contribution in [3.8, 4) is 0 Å².